The van der Waals surface area contributed by atoms with E-state index in [0.717, 1.165) is 17.7 Å². The predicted molar refractivity (Wildman–Crippen MR) is 94.8 cm³/mol. The third kappa shape index (κ3) is 4.38. The highest BCUT2D eigenvalue weighted by molar-refractivity contribution is 6.03. The molecule has 7 heteroatoms. The molecule has 2 aromatic carbocycles. The second-order valence-electron chi connectivity index (χ2n) is 5.73. The smallest absolute Gasteiger partial charge is 0.256 e. The third-order valence-corrected chi connectivity index (χ3v) is 3.68. The second-order valence-corrected chi connectivity index (χ2v) is 5.73. The summed E-state index contributed by atoms with van der Waals surface area (Å²) in [6.07, 6.45) is 0. The van der Waals surface area contributed by atoms with Gasteiger partial charge in [-0.1, -0.05) is 29.8 Å². The summed E-state index contributed by atoms with van der Waals surface area (Å²) in [5.41, 5.74) is 2.29. The van der Waals surface area contributed by atoms with Crippen molar-refractivity contribution in [2.24, 2.45) is 0 Å². The lowest BCUT2D eigenvalue weighted by molar-refractivity contribution is 0.102. The summed E-state index contributed by atoms with van der Waals surface area (Å²) in [4.78, 5) is 12.0. The molecule has 0 aliphatic rings. The molecule has 26 heavy (non-hydrogen) atoms. The Morgan fingerprint density at radius 2 is 1.62 bits per heavy atom. The van der Waals surface area contributed by atoms with Crippen LogP contribution in [-0.4, -0.2) is 16.1 Å². The van der Waals surface area contributed by atoms with Crippen LogP contribution in [0.4, 0.5) is 20.4 Å². The Hall–Kier alpha value is -3.35. The summed E-state index contributed by atoms with van der Waals surface area (Å²) in [6, 6.07) is 14.3. The monoisotopic (exact) mass is 354 g/mol. The molecule has 1 aromatic heterocycles. The summed E-state index contributed by atoms with van der Waals surface area (Å²) in [5, 5.41) is 13.5. The van der Waals surface area contributed by atoms with Gasteiger partial charge >= 0.3 is 0 Å². The molecule has 0 aliphatic carbocycles. The Balaban J connectivity index is 1.59. The quantitative estimate of drug-likeness (QED) is 0.729. The van der Waals surface area contributed by atoms with E-state index in [1.807, 2.05) is 31.2 Å². The van der Waals surface area contributed by atoms with E-state index < -0.39 is 17.5 Å². The van der Waals surface area contributed by atoms with Gasteiger partial charge in [-0.05, 0) is 42.8 Å². The first-order chi connectivity index (χ1) is 12.5. The van der Waals surface area contributed by atoms with Crippen molar-refractivity contribution in [2.45, 2.75) is 13.5 Å². The number of anilines is 2. The van der Waals surface area contributed by atoms with Crippen molar-refractivity contribution < 1.29 is 13.6 Å². The zero-order valence-electron chi connectivity index (χ0n) is 14.0. The van der Waals surface area contributed by atoms with E-state index in [2.05, 4.69) is 20.8 Å². The minimum absolute atomic E-state index is 0.00716. The largest absolute Gasteiger partial charge is 0.365 e. The number of carbonyl (C=O) groups excluding carboxylic acids is 1. The fourth-order valence-corrected chi connectivity index (χ4v) is 2.22. The van der Waals surface area contributed by atoms with Gasteiger partial charge in [0.05, 0.1) is 0 Å². The number of aromatic nitrogens is 2. The van der Waals surface area contributed by atoms with Gasteiger partial charge in [-0.25, -0.2) is 8.78 Å². The fourth-order valence-electron chi connectivity index (χ4n) is 2.22. The van der Waals surface area contributed by atoms with Crippen LogP contribution < -0.4 is 10.6 Å². The minimum Gasteiger partial charge on any atom is -0.365 e. The van der Waals surface area contributed by atoms with Gasteiger partial charge in [-0.15, -0.1) is 10.2 Å². The SMILES string of the molecule is Cc1ccc(CNc2ccc(NC(=O)c3ccc(F)c(F)c3)nn2)cc1. The molecule has 0 saturated heterocycles. The molecule has 0 bridgehead atoms. The van der Waals surface area contributed by atoms with Gasteiger partial charge < -0.3 is 10.6 Å². The van der Waals surface area contributed by atoms with Crippen molar-refractivity contribution >= 4 is 17.5 Å². The van der Waals surface area contributed by atoms with Crippen molar-refractivity contribution in [1.82, 2.24) is 10.2 Å². The Labute approximate surface area is 149 Å². The molecule has 3 rings (SSSR count). The molecule has 0 atom stereocenters. The molecular formula is C19H16F2N4O. The Morgan fingerprint density at radius 3 is 2.27 bits per heavy atom. The zero-order valence-corrected chi connectivity index (χ0v) is 14.0. The lowest BCUT2D eigenvalue weighted by atomic mass is 10.1. The molecule has 3 aromatic rings. The van der Waals surface area contributed by atoms with Crippen LogP contribution in [0.5, 0.6) is 0 Å². The maximum absolute atomic E-state index is 13.2. The number of aryl methyl sites for hydroxylation is 1. The molecule has 0 fully saturated rings. The highest BCUT2D eigenvalue weighted by atomic mass is 19.2. The van der Waals surface area contributed by atoms with Crippen LogP contribution in [0.3, 0.4) is 0 Å². The van der Waals surface area contributed by atoms with Crippen molar-refractivity contribution in [3.05, 3.63) is 82.9 Å². The molecule has 0 spiro atoms. The topological polar surface area (TPSA) is 66.9 Å². The van der Waals surface area contributed by atoms with E-state index in [1.54, 1.807) is 12.1 Å². The Morgan fingerprint density at radius 1 is 0.923 bits per heavy atom. The van der Waals surface area contributed by atoms with E-state index in [9.17, 15) is 13.6 Å². The second kappa shape index (κ2) is 7.69. The predicted octanol–water partition coefficient (Wildman–Crippen LogP) is 3.93. The number of nitrogens with one attached hydrogen (secondary N) is 2. The first kappa shape index (κ1) is 17.5. The Bertz CT molecular complexity index is 912. The molecule has 2 N–H and O–H groups in total. The van der Waals surface area contributed by atoms with E-state index in [1.165, 1.54) is 11.6 Å². The van der Waals surface area contributed by atoms with E-state index in [0.29, 0.717) is 12.4 Å². The maximum atomic E-state index is 13.2. The molecular weight excluding hydrogens is 338 g/mol. The molecule has 0 saturated carbocycles. The number of amides is 1. The summed E-state index contributed by atoms with van der Waals surface area (Å²) >= 11 is 0. The lowest BCUT2D eigenvalue weighted by Crippen LogP contribution is -2.14. The van der Waals surface area contributed by atoms with Gasteiger partial charge in [0, 0.05) is 12.1 Å². The van der Waals surface area contributed by atoms with Gasteiger partial charge in [-0.3, -0.25) is 4.79 Å². The highest BCUT2D eigenvalue weighted by Crippen LogP contribution is 2.12. The molecule has 1 amide bonds. The van der Waals surface area contributed by atoms with Gasteiger partial charge in [-0.2, -0.15) is 0 Å². The third-order valence-electron chi connectivity index (χ3n) is 3.68. The van der Waals surface area contributed by atoms with Crippen LogP contribution in [0.15, 0.2) is 54.6 Å². The van der Waals surface area contributed by atoms with Crippen LogP contribution in [0.1, 0.15) is 21.5 Å². The first-order valence-electron chi connectivity index (χ1n) is 7.91. The number of hydrogen-bond acceptors (Lipinski definition) is 4. The van der Waals surface area contributed by atoms with Gasteiger partial charge in [0.1, 0.15) is 5.82 Å². The number of hydrogen-bond donors (Lipinski definition) is 2. The van der Waals surface area contributed by atoms with E-state index in [4.69, 9.17) is 0 Å². The number of halogens is 2. The van der Waals surface area contributed by atoms with Crippen molar-refractivity contribution in [3.63, 3.8) is 0 Å². The zero-order chi connectivity index (χ0) is 18.5. The van der Waals surface area contributed by atoms with Crippen LogP contribution >= 0.6 is 0 Å². The molecule has 0 radical (unpaired) electrons. The lowest BCUT2D eigenvalue weighted by Gasteiger charge is -2.07. The minimum atomic E-state index is -1.08. The highest BCUT2D eigenvalue weighted by Gasteiger charge is 2.10. The van der Waals surface area contributed by atoms with Crippen molar-refractivity contribution in [2.75, 3.05) is 10.6 Å². The van der Waals surface area contributed by atoms with Crippen molar-refractivity contribution in [3.8, 4) is 0 Å². The summed E-state index contributed by atoms with van der Waals surface area (Å²) in [6.45, 7) is 2.62. The summed E-state index contributed by atoms with van der Waals surface area (Å²) < 4.78 is 26.1. The number of benzene rings is 2. The summed E-state index contributed by atoms with van der Waals surface area (Å²) in [7, 11) is 0. The van der Waals surface area contributed by atoms with Crippen LogP contribution in [0, 0.1) is 18.6 Å². The maximum Gasteiger partial charge on any atom is 0.256 e. The molecule has 132 valence electrons. The van der Waals surface area contributed by atoms with Gasteiger partial charge in [0.2, 0.25) is 0 Å². The van der Waals surface area contributed by atoms with Gasteiger partial charge in [0.25, 0.3) is 5.91 Å². The molecule has 5 nitrogen and oxygen atoms in total. The Kier molecular flexibility index (Phi) is 5.17. The molecule has 1 heterocycles. The average Bonchev–Trinajstić information content (AvgIpc) is 2.64. The van der Waals surface area contributed by atoms with Gasteiger partial charge in [0.15, 0.2) is 17.5 Å². The number of carbonyl (C=O) groups is 1. The van der Waals surface area contributed by atoms with Crippen LogP contribution in [0.25, 0.3) is 0 Å². The van der Waals surface area contributed by atoms with Crippen LogP contribution in [-0.2, 0) is 6.54 Å². The van der Waals surface area contributed by atoms with E-state index in [-0.39, 0.29) is 11.4 Å². The van der Waals surface area contributed by atoms with E-state index >= 15 is 0 Å². The fraction of sp³-hybridized carbons (Fsp3) is 0.105. The summed E-state index contributed by atoms with van der Waals surface area (Å²) in [5.74, 6) is -1.93. The number of rotatable bonds is 5. The standard InChI is InChI=1S/C19H16F2N4O/c1-12-2-4-13(5-3-12)11-22-17-8-9-18(25-24-17)23-19(26)14-6-7-15(20)16(21)10-14/h2-10H,11H2,1H3,(H,22,24)(H,23,25,26). The molecule has 0 aliphatic heterocycles. The van der Waals surface area contributed by atoms with Crippen molar-refractivity contribution in [1.29, 1.82) is 0 Å². The normalized spacial score (nSPS) is 10.4. The average molecular weight is 354 g/mol. The molecule has 0 unspecified atom stereocenters. The first-order valence-corrected chi connectivity index (χ1v) is 7.91. The van der Waals surface area contributed by atoms with Crippen LogP contribution in [0.2, 0.25) is 0 Å². The number of nitrogens with zero attached hydrogens (tertiary/aromatic N) is 2.